The second-order valence-electron chi connectivity index (χ2n) is 5.09. The summed E-state index contributed by atoms with van der Waals surface area (Å²) < 4.78 is 10.4. The number of nitro benzene ring substituents is 1. The summed E-state index contributed by atoms with van der Waals surface area (Å²) in [5, 5.41) is 18.1. The van der Waals surface area contributed by atoms with Crippen molar-refractivity contribution in [3.63, 3.8) is 0 Å². The van der Waals surface area contributed by atoms with Crippen molar-refractivity contribution >= 4 is 35.2 Å². The van der Waals surface area contributed by atoms with Crippen LogP contribution in [0.3, 0.4) is 0 Å². The zero-order chi connectivity index (χ0) is 19.8. The fourth-order valence-corrected chi connectivity index (χ4v) is 2.27. The van der Waals surface area contributed by atoms with E-state index in [1.54, 1.807) is 31.2 Å². The molecule has 27 heavy (non-hydrogen) atoms. The number of nitrogens with zero attached hydrogens (tertiary/aromatic N) is 2. The molecule has 0 heterocycles. The molecule has 0 saturated carbocycles. The average molecular weight is 393 g/mol. The lowest BCUT2D eigenvalue weighted by molar-refractivity contribution is -0.385. The molecule has 10 heteroatoms. The molecule has 9 nitrogen and oxygen atoms in total. The fourth-order valence-electron chi connectivity index (χ4n) is 2.14. The summed E-state index contributed by atoms with van der Waals surface area (Å²) in [5.41, 5.74) is 2.89. The van der Waals surface area contributed by atoms with Crippen molar-refractivity contribution in [2.45, 2.75) is 6.92 Å². The predicted octanol–water partition coefficient (Wildman–Crippen LogP) is 3.81. The fraction of sp³-hybridized carbons (Fsp3) is 0.176. The van der Waals surface area contributed by atoms with E-state index in [1.165, 1.54) is 25.5 Å². The summed E-state index contributed by atoms with van der Waals surface area (Å²) in [6.07, 6.45) is 1.26. The summed E-state index contributed by atoms with van der Waals surface area (Å²) in [4.78, 5) is 22.5. The van der Waals surface area contributed by atoms with Gasteiger partial charge in [-0.05, 0) is 37.3 Å². The maximum absolute atomic E-state index is 11.8. The van der Waals surface area contributed by atoms with Gasteiger partial charge in [0.15, 0.2) is 5.75 Å². The third kappa shape index (κ3) is 5.58. The number of hydrazone groups is 1. The maximum atomic E-state index is 11.8. The van der Waals surface area contributed by atoms with Crippen molar-refractivity contribution in [1.82, 2.24) is 5.43 Å². The van der Waals surface area contributed by atoms with Crippen LogP contribution in [-0.4, -0.2) is 30.9 Å². The third-order valence-corrected chi connectivity index (χ3v) is 3.49. The van der Waals surface area contributed by atoms with E-state index in [4.69, 9.17) is 21.1 Å². The van der Waals surface area contributed by atoms with Crippen molar-refractivity contribution in [2.75, 3.05) is 19.0 Å². The maximum Gasteiger partial charge on any atom is 0.339 e. The molecule has 0 bridgehead atoms. The number of hydrogen-bond acceptors (Lipinski definition) is 6. The summed E-state index contributed by atoms with van der Waals surface area (Å²) in [6, 6.07) is 8.74. The number of carbonyl (C=O) groups is 1. The Kier molecular flexibility index (Phi) is 6.95. The molecule has 0 fully saturated rings. The number of methoxy groups -OCH3 is 1. The average Bonchev–Trinajstić information content (AvgIpc) is 2.63. The molecule has 0 aromatic heterocycles. The molecule has 0 aliphatic carbocycles. The molecule has 2 N–H and O–H groups in total. The first-order chi connectivity index (χ1) is 12.9. The Balaban J connectivity index is 2.12. The number of nitrogens with one attached hydrogen (secondary N) is 2. The van der Waals surface area contributed by atoms with Crippen LogP contribution < -0.4 is 20.2 Å². The molecule has 2 rings (SSSR count). The summed E-state index contributed by atoms with van der Waals surface area (Å²) in [5.74, 6) is 0.230. The number of halogens is 1. The molecule has 2 aromatic rings. The van der Waals surface area contributed by atoms with Gasteiger partial charge < -0.3 is 14.8 Å². The van der Waals surface area contributed by atoms with Gasteiger partial charge in [0.1, 0.15) is 0 Å². The number of ether oxygens (including phenoxy) is 2. The zero-order valence-electron chi connectivity index (χ0n) is 14.6. The van der Waals surface area contributed by atoms with Crippen molar-refractivity contribution in [3.05, 3.63) is 57.1 Å². The van der Waals surface area contributed by atoms with Gasteiger partial charge in [-0.15, -0.1) is 0 Å². The van der Waals surface area contributed by atoms with Crippen molar-refractivity contribution in [1.29, 1.82) is 0 Å². The molecule has 0 atom stereocenters. The molecule has 0 unspecified atom stereocenters. The highest BCUT2D eigenvalue weighted by molar-refractivity contribution is 6.30. The van der Waals surface area contributed by atoms with Gasteiger partial charge in [0.05, 0.1) is 24.9 Å². The number of rotatable bonds is 7. The number of amides is 2. The first-order valence-electron chi connectivity index (χ1n) is 7.79. The predicted molar refractivity (Wildman–Crippen MR) is 102 cm³/mol. The van der Waals surface area contributed by atoms with Gasteiger partial charge in [0.2, 0.25) is 5.75 Å². The molecular weight excluding hydrogens is 376 g/mol. The van der Waals surface area contributed by atoms with Crippen molar-refractivity contribution in [3.8, 4) is 11.5 Å². The molecule has 0 radical (unpaired) electrons. The van der Waals surface area contributed by atoms with Crippen molar-refractivity contribution < 1.29 is 19.2 Å². The molecular formula is C17H17ClN4O5. The highest BCUT2D eigenvalue weighted by Gasteiger charge is 2.21. The monoisotopic (exact) mass is 392 g/mol. The van der Waals surface area contributed by atoms with E-state index in [0.717, 1.165) is 0 Å². The van der Waals surface area contributed by atoms with Crippen LogP contribution in [0, 0.1) is 10.1 Å². The van der Waals surface area contributed by atoms with Gasteiger partial charge in [0, 0.05) is 22.3 Å². The van der Waals surface area contributed by atoms with Crippen LogP contribution in [0.25, 0.3) is 0 Å². The van der Waals surface area contributed by atoms with E-state index in [9.17, 15) is 14.9 Å². The Morgan fingerprint density at radius 2 is 2.04 bits per heavy atom. The number of hydrogen-bond donors (Lipinski definition) is 2. The van der Waals surface area contributed by atoms with Gasteiger partial charge in [-0.25, -0.2) is 10.2 Å². The van der Waals surface area contributed by atoms with Crippen LogP contribution in [0.4, 0.5) is 16.2 Å². The van der Waals surface area contributed by atoms with Crippen LogP contribution in [0.1, 0.15) is 12.5 Å². The van der Waals surface area contributed by atoms with Gasteiger partial charge in [-0.2, -0.15) is 5.10 Å². The van der Waals surface area contributed by atoms with Crippen LogP contribution in [0.5, 0.6) is 11.5 Å². The molecule has 0 aliphatic heterocycles. The number of carbonyl (C=O) groups excluding carboxylic acids is 1. The first kappa shape index (κ1) is 20.0. The van der Waals surface area contributed by atoms with E-state index in [0.29, 0.717) is 22.9 Å². The highest BCUT2D eigenvalue weighted by Crippen LogP contribution is 2.37. The first-order valence-corrected chi connectivity index (χ1v) is 8.17. The van der Waals surface area contributed by atoms with Crippen molar-refractivity contribution in [2.24, 2.45) is 5.10 Å². The Morgan fingerprint density at radius 1 is 1.33 bits per heavy atom. The molecule has 0 spiro atoms. The standard InChI is InChI=1S/C17H17ClN4O5/c1-3-27-15-9-11(8-14(22(24)25)16(15)26-2)10-19-21-17(23)20-13-6-4-12(18)5-7-13/h4-10H,3H2,1-2H3,(H2,20,21,23)/b19-10-. The highest BCUT2D eigenvalue weighted by atomic mass is 35.5. The lowest BCUT2D eigenvalue weighted by atomic mass is 10.2. The second-order valence-corrected chi connectivity index (χ2v) is 5.53. The third-order valence-electron chi connectivity index (χ3n) is 3.24. The Labute approximate surface area is 160 Å². The van der Waals surface area contributed by atoms with E-state index in [1.807, 2.05) is 0 Å². The normalized spacial score (nSPS) is 10.5. The Bertz CT molecular complexity index is 855. The van der Waals surface area contributed by atoms with Crippen LogP contribution >= 0.6 is 11.6 Å². The van der Waals surface area contributed by atoms with Gasteiger partial charge in [-0.1, -0.05) is 11.6 Å². The smallest absolute Gasteiger partial charge is 0.339 e. The van der Waals surface area contributed by atoms with Crippen LogP contribution in [0.2, 0.25) is 5.02 Å². The topological polar surface area (TPSA) is 115 Å². The summed E-state index contributed by atoms with van der Waals surface area (Å²) in [6.45, 7) is 2.05. The van der Waals surface area contributed by atoms with Gasteiger partial charge in [-0.3, -0.25) is 10.1 Å². The lowest BCUT2D eigenvalue weighted by Crippen LogP contribution is -2.24. The molecule has 142 valence electrons. The van der Waals surface area contributed by atoms with E-state index >= 15 is 0 Å². The molecule has 0 aliphatic rings. The van der Waals surface area contributed by atoms with Gasteiger partial charge >= 0.3 is 11.7 Å². The summed E-state index contributed by atoms with van der Waals surface area (Å²) in [7, 11) is 1.32. The minimum atomic E-state index is -0.584. The number of nitro groups is 1. The van der Waals surface area contributed by atoms with E-state index in [-0.39, 0.29) is 17.2 Å². The SMILES string of the molecule is CCOc1cc(/C=N\NC(=O)Nc2ccc(Cl)cc2)cc([N+](=O)[O-])c1OC. The number of urea groups is 1. The minimum absolute atomic E-state index is 0.0208. The minimum Gasteiger partial charge on any atom is -0.490 e. The Morgan fingerprint density at radius 3 is 2.63 bits per heavy atom. The van der Waals surface area contributed by atoms with Gasteiger partial charge in [0.25, 0.3) is 0 Å². The number of benzene rings is 2. The van der Waals surface area contributed by atoms with E-state index < -0.39 is 11.0 Å². The molecule has 2 aromatic carbocycles. The quantitative estimate of drug-likeness (QED) is 0.422. The van der Waals surface area contributed by atoms with Crippen LogP contribution in [0.15, 0.2) is 41.5 Å². The zero-order valence-corrected chi connectivity index (χ0v) is 15.3. The molecule has 2 amide bonds. The summed E-state index contributed by atoms with van der Waals surface area (Å²) >= 11 is 5.77. The molecule has 0 saturated heterocycles. The number of anilines is 1. The van der Waals surface area contributed by atoms with Crippen LogP contribution in [-0.2, 0) is 0 Å². The Hall–Kier alpha value is -3.33. The largest absolute Gasteiger partial charge is 0.490 e. The van der Waals surface area contributed by atoms with E-state index in [2.05, 4.69) is 15.8 Å². The lowest BCUT2D eigenvalue weighted by Gasteiger charge is -2.10. The second kappa shape index (κ2) is 9.39.